The number of carboxylic acids is 1. The third-order valence-electron chi connectivity index (χ3n) is 2.97. The molecule has 1 aliphatic heterocycles. The number of anilines is 1. The molecule has 21 heavy (non-hydrogen) atoms. The molecule has 0 saturated carbocycles. The van der Waals surface area contributed by atoms with Crippen molar-refractivity contribution < 1.29 is 19.5 Å². The number of hydrogen-bond donors (Lipinski definition) is 2. The predicted molar refractivity (Wildman–Crippen MR) is 80.4 cm³/mol. The molecule has 3 N–H and O–H groups in total. The summed E-state index contributed by atoms with van der Waals surface area (Å²) in [6.07, 6.45) is 0.0301. The van der Waals surface area contributed by atoms with Crippen molar-refractivity contribution in [2.45, 2.75) is 17.7 Å². The molecule has 2 rings (SSSR count). The predicted octanol–water partition coefficient (Wildman–Crippen LogP) is 1.12. The molecule has 0 unspecified atom stereocenters. The minimum absolute atomic E-state index is 0.0301. The molecule has 0 bridgehead atoms. The van der Waals surface area contributed by atoms with Crippen molar-refractivity contribution >= 4 is 46.8 Å². The van der Waals surface area contributed by atoms with Gasteiger partial charge >= 0.3 is 5.97 Å². The normalized spacial score (nSPS) is 19.9. The van der Waals surface area contributed by atoms with Gasteiger partial charge in [0.15, 0.2) is 0 Å². The van der Waals surface area contributed by atoms with E-state index in [1.807, 2.05) is 0 Å². The quantitative estimate of drug-likeness (QED) is 0.785. The first kappa shape index (κ1) is 15.8. The molecule has 8 heteroatoms. The maximum atomic E-state index is 12.3. The van der Waals surface area contributed by atoms with E-state index in [-0.39, 0.29) is 24.0 Å². The number of rotatable bonds is 5. The summed E-state index contributed by atoms with van der Waals surface area (Å²) in [7, 11) is 0. The lowest BCUT2D eigenvalue weighted by atomic mass is 10.3. The Kier molecular flexibility index (Phi) is 4.87. The standard InChI is InChI=1S/C13H13ClN2O4S/c14-7-2-1-3-8(4-7)16-11(17)5-10(12(16)18)21-6-9(15)13(19)20/h1-4,9-10H,5-6,15H2,(H,19,20)/t9-,10-/m0/s1. The van der Waals surface area contributed by atoms with Gasteiger partial charge in [-0.1, -0.05) is 17.7 Å². The second kappa shape index (κ2) is 6.46. The molecule has 2 atom stereocenters. The van der Waals surface area contributed by atoms with E-state index in [2.05, 4.69) is 0 Å². The van der Waals surface area contributed by atoms with Crippen molar-refractivity contribution in [3.05, 3.63) is 29.3 Å². The zero-order valence-electron chi connectivity index (χ0n) is 10.9. The Bertz CT molecular complexity index is 595. The van der Waals surface area contributed by atoms with Gasteiger partial charge in [0.2, 0.25) is 11.8 Å². The molecular formula is C13H13ClN2O4S. The number of halogens is 1. The van der Waals surface area contributed by atoms with Crippen LogP contribution < -0.4 is 10.6 Å². The second-order valence-electron chi connectivity index (χ2n) is 4.52. The Morgan fingerprint density at radius 3 is 2.86 bits per heavy atom. The van der Waals surface area contributed by atoms with Gasteiger partial charge in [-0.2, -0.15) is 0 Å². The van der Waals surface area contributed by atoms with Gasteiger partial charge in [0.1, 0.15) is 6.04 Å². The smallest absolute Gasteiger partial charge is 0.321 e. The lowest BCUT2D eigenvalue weighted by Crippen LogP contribution is -2.35. The Morgan fingerprint density at radius 1 is 1.52 bits per heavy atom. The molecule has 1 aromatic carbocycles. The van der Waals surface area contributed by atoms with Crippen LogP contribution in [-0.4, -0.2) is 39.9 Å². The highest BCUT2D eigenvalue weighted by Crippen LogP contribution is 2.30. The molecule has 0 radical (unpaired) electrons. The summed E-state index contributed by atoms with van der Waals surface area (Å²) >= 11 is 6.94. The average Bonchev–Trinajstić information content (AvgIpc) is 2.70. The molecule has 6 nitrogen and oxygen atoms in total. The van der Waals surface area contributed by atoms with Gasteiger partial charge in [0, 0.05) is 17.2 Å². The van der Waals surface area contributed by atoms with Crippen molar-refractivity contribution in [3.63, 3.8) is 0 Å². The summed E-state index contributed by atoms with van der Waals surface area (Å²) < 4.78 is 0. The van der Waals surface area contributed by atoms with Crippen LogP contribution in [0.5, 0.6) is 0 Å². The van der Waals surface area contributed by atoms with Crippen LogP contribution in [0, 0.1) is 0 Å². The third-order valence-corrected chi connectivity index (χ3v) is 4.52. The van der Waals surface area contributed by atoms with Gasteiger partial charge in [-0.05, 0) is 18.2 Å². The topological polar surface area (TPSA) is 101 Å². The van der Waals surface area contributed by atoms with Crippen LogP contribution in [0.1, 0.15) is 6.42 Å². The minimum Gasteiger partial charge on any atom is -0.480 e. The van der Waals surface area contributed by atoms with Crippen LogP contribution in [0.3, 0.4) is 0 Å². The molecule has 0 aliphatic carbocycles. The summed E-state index contributed by atoms with van der Waals surface area (Å²) in [6, 6.07) is 5.40. The van der Waals surface area contributed by atoms with Crippen LogP contribution in [0.4, 0.5) is 5.69 Å². The third kappa shape index (κ3) is 3.55. The number of imide groups is 1. The van der Waals surface area contributed by atoms with E-state index in [0.29, 0.717) is 10.7 Å². The van der Waals surface area contributed by atoms with Gasteiger partial charge in [0.05, 0.1) is 10.9 Å². The van der Waals surface area contributed by atoms with Crippen molar-refractivity contribution in [3.8, 4) is 0 Å². The van der Waals surface area contributed by atoms with E-state index in [1.165, 1.54) is 6.07 Å². The Hall–Kier alpha value is -1.57. The van der Waals surface area contributed by atoms with E-state index in [0.717, 1.165) is 16.7 Å². The van der Waals surface area contributed by atoms with Crippen LogP contribution in [0.25, 0.3) is 0 Å². The van der Waals surface area contributed by atoms with Crippen LogP contribution in [-0.2, 0) is 14.4 Å². The molecule has 1 aliphatic rings. The van der Waals surface area contributed by atoms with Gasteiger partial charge in [0.25, 0.3) is 0 Å². The highest BCUT2D eigenvalue weighted by atomic mass is 35.5. The molecule has 0 aromatic heterocycles. The SMILES string of the molecule is N[C@@H](CS[C@H]1CC(=O)N(c2cccc(Cl)c2)C1=O)C(=O)O. The average molecular weight is 329 g/mol. The van der Waals surface area contributed by atoms with Gasteiger partial charge in [-0.15, -0.1) is 11.8 Å². The highest BCUT2D eigenvalue weighted by Gasteiger charge is 2.40. The van der Waals surface area contributed by atoms with Crippen molar-refractivity contribution in [2.75, 3.05) is 10.7 Å². The number of aliphatic carboxylic acids is 1. The summed E-state index contributed by atoms with van der Waals surface area (Å²) in [5, 5.41) is 8.54. The molecule has 2 amide bonds. The number of hydrogen-bond acceptors (Lipinski definition) is 5. The first-order valence-electron chi connectivity index (χ1n) is 6.12. The van der Waals surface area contributed by atoms with E-state index in [4.69, 9.17) is 22.4 Å². The fourth-order valence-electron chi connectivity index (χ4n) is 1.91. The monoisotopic (exact) mass is 328 g/mol. The van der Waals surface area contributed by atoms with E-state index in [9.17, 15) is 14.4 Å². The fourth-order valence-corrected chi connectivity index (χ4v) is 3.19. The maximum absolute atomic E-state index is 12.3. The lowest BCUT2D eigenvalue weighted by molar-refractivity contribution is -0.138. The largest absolute Gasteiger partial charge is 0.480 e. The van der Waals surface area contributed by atoms with Crippen molar-refractivity contribution in [1.82, 2.24) is 0 Å². The molecule has 1 heterocycles. The van der Waals surface area contributed by atoms with Crippen molar-refractivity contribution in [1.29, 1.82) is 0 Å². The Labute approximate surface area is 130 Å². The Balaban J connectivity index is 2.08. The molecule has 112 valence electrons. The molecular weight excluding hydrogens is 316 g/mol. The Morgan fingerprint density at radius 2 is 2.24 bits per heavy atom. The number of thioether (sulfide) groups is 1. The second-order valence-corrected chi connectivity index (χ2v) is 6.19. The van der Waals surface area contributed by atoms with Gasteiger partial charge in [-0.3, -0.25) is 14.4 Å². The van der Waals surface area contributed by atoms with Gasteiger partial charge in [-0.25, -0.2) is 4.90 Å². The number of benzene rings is 1. The summed E-state index contributed by atoms with van der Waals surface area (Å²) in [5.41, 5.74) is 5.81. The molecule has 1 fully saturated rings. The summed E-state index contributed by atoms with van der Waals surface area (Å²) in [5.74, 6) is -1.76. The molecule has 0 spiro atoms. The van der Waals surface area contributed by atoms with Crippen LogP contribution in [0.2, 0.25) is 5.02 Å². The maximum Gasteiger partial charge on any atom is 0.321 e. The number of carbonyl (C=O) groups is 3. The molecule has 1 saturated heterocycles. The number of nitrogens with two attached hydrogens (primary N) is 1. The first-order valence-corrected chi connectivity index (χ1v) is 7.55. The fraction of sp³-hybridized carbons (Fsp3) is 0.308. The number of nitrogens with zero attached hydrogens (tertiary/aromatic N) is 1. The highest BCUT2D eigenvalue weighted by molar-refractivity contribution is 8.00. The number of amides is 2. The number of carboxylic acid groups (broad SMARTS) is 1. The summed E-state index contributed by atoms with van der Waals surface area (Å²) in [4.78, 5) is 36.0. The summed E-state index contributed by atoms with van der Waals surface area (Å²) in [6.45, 7) is 0. The zero-order valence-corrected chi connectivity index (χ0v) is 12.4. The molecule has 1 aromatic rings. The van der Waals surface area contributed by atoms with E-state index in [1.54, 1.807) is 18.2 Å². The van der Waals surface area contributed by atoms with Crippen LogP contribution >= 0.6 is 23.4 Å². The van der Waals surface area contributed by atoms with E-state index < -0.39 is 17.3 Å². The zero-order chi connectivity index (χ0) is 15.6. The van der Waals surface area contributed by atoms with Crippen molar-refractivity contribution in [2.24, 2.45) is 5.73 Å². The van der Waals surface area contributed by atoms with E-state index >= 15 is 0 Å². The van der Waals surface area contributed by atoms with Gasteiger partial charge < -0.3 is 10.8 Å². The minimum atomic E-state index is -1.13. The number of carbonyl (C=O) groups excluding carboxylic acids is 2. The van der Waals surface area contributed by atoms with Crippen LogP contribution in [0.15, 0.2) is 24.3 Å². The lowest BCUT2D eigenvalue weighted by Gasteiger charge is -2.15. The first-order chi connectivity index (χ1) is 9.90.